The molecule has 0 aromatic heterocycles. The number of hydrogen-bond acceptors (Lipinski definition) is 6. The third-order valence-electron chi connectivity index (χ3n) is 5.55. The van der Waals surface area contributed by atoms with Crippen LogP contribution >= 0.6 is 0 Å². The molecule has 0 radical (unpaired) electrons. The third-order valence-corrected chi connectivity index (χ3v) is 5.55. The van der Waals surface area contributed by atoms with Crippen LogP contribution < -0.4 is 10.6 Å². The number of likely N-dealkylation sites (tertiary alicyclic amines) is 1. The topological polar surface area (TPSA) is 97.0 Å². The predicted octanol–water partition coefficient (Wildman–Crippen LogP) is 2.27. The van der Waals surface area contributed by atoms with E-state index >= 15 is 0 Å². The number of methoxy groups -OCH3 is 1. The molecular weight excluding hydrogens is 398 g/mol. The quantitative estimate of drug-likeness (QED) is 0.648. The van der Waals surface area contributed by atoms with E-state index in [9.17, 15) is 14.4 Å². The molecule has 2 N–H and O–H groups in total. The number of hydrogen-bond donors (Lipinski definition) is 2. The normalized spacial score (nSPS) is 17.3. The number of rotatable bonds is 7. The van der Waals surface area contributed by atoms with Crippen molar-refractivity contribution in [3.8, 4) is 0 Å². The molecule has 0 bridgehead atoms. The van der Waals surface area contributed by atoms with E-state index in [1.165, 1.54) is 7.11 Å². The summed E-state index contributed by atoms with van der Waals surface area (Å²) in [5.74, 6) is -0.782. The maximum absolute atomic E-state index is 13.0. The van der Waals surface area contributed by atoms with Crippen molar-refractivity contribution in [1.82, 2.24) is 15.5 Å². The molecular formula is C23H29N3O5. The number of benzene rings is 1. The van der Waals surface area contributed by atoms with Gasteiger partial charge in [-0.15, -0.1) is 0 Å². The van der Waals surface area contributed by atoms with E-state index in [2.05, 4.69) is 21.4 Å². The van der Waals surface area contributed by atoms with Crippen molar-refractivity contribution in [2.45, 2.75) is 37.8 Å². The zero-order chi connectivity index (χ0) is 22.1. The lowest BCUT2D eigenvalue weighted by Gasteiger charge is -2.42. The largest absolute Gasteiger partial charge is 0.468 e. The Bertz CT molecular complexity index is 842. The Morgan fingerprint density at radius 3 is 2.52 bits per heavy atom. The third kappa shape index (κ3) is 6.10. The number of amides is 2. The van der Waals surface area contributed by atoms with Gasteiger partial charge in [-0.1, -0.05) is 42.5 Å². The van der Waals surface area contributed by atoms with Gasteiger partial charge < -0.3 is 25.0 Å². The highest BCUT2D eigenvalue weighted by molar-refractivity contribution is 5.89. The molecule has 1 aliphatic carbocycles. The maximum Gasteiger partial charge on any atom is 0.410 e. The van der Waals surface area contributed by atoms with Gasteiger partial charge in [0.15, 0.2) is 0 Å². The highest BCUT2D eigenvalue weighted by atomic mass is 16.6. The monoisotopic (exact) mass is 427 g/mol. The second-order valence-electron chi connectivity index (χ2n) is 7.65. The minimum absolute atomic E-state index is 0.194. The van der Waals surface area contributed by atoms with Gasteiger partial charge in [0.1, 0.15) is 18.7 Å². The Balaban J connectivity index is 1.61. The van der Waals surface area contributed by atoms with Crippen LogP contribution in [0.1, 0.15) is 31.2 Å². The van der Waals surface area contributed by atoms with Crippen LogP contribution in [0, 0.1) is 0 Å². The average molecular weight is 428 g/mol. The minimum atomic E-state index is -0.902. The molecule has 1 aliphatic heterocycles. The smallest absolute Gasteiger partial charge is 0.410 e. The molecule has 1 fully saturated rings. The van der Waals surface area contributed by atoms with Crippen LogP contribution in [0.15, 0.2) is 54.3 Å². The lowest BCUT2D eigenvalue weighted by Crippen LogP contribution is -2.62. The second-order valence-corrected chi connectivity index (χ2v) is 7.65. The number of ether oxygens (including phenoxy) is 2. The molecule has 1 saturated heterocycles. The van der Waals surface area contributed by atoms with Gasteiger partial charge in [-0.3, -0.25) is 9.59 Å². The van der Waals surface area contributed by atoms with E-state index in [1.807, 2.05) is 42.5 Å². The molecule has 8 nitrogen and oxygen atoms in total. The summed E-state index contributed by atoms with van der Waals surface area (Å²) < 4.78 is 10.0. The summed E-state index contributed by atoms with van der Waals surface area (Å²) in [5, 5.41) is 6.07. The van der Waals surface area contributed by atoms with E-state index in [-0.39, 0.29) is 19.1 Å². The number of nitrogens with zero attached hydrogens (tertiary/aromatic N) is 1. The molecule has 1 aromatic rings. The lowest BCUT2D eigenvalue weighted by atomic mass is 9.85. The van der Waals surface area contributed by atoms with Gasteiger partial charge >= 0.3 is 12.1 Å². The Morgan fingerprint density at radius 1 is 1.13 bits per heavy atom. The zero-order valence-electron chi connectivity index (χ0n) is 17.8. The van der Waals surface area contributed by atoms with Crippen molar-refractivity contribution in [2.75, 3.05) is 26.7 Å². The summed E-state index contributed by atoms with van der Waals surface area (Å²) in [6, 6.07) is 9.50. The molecule has 8 heteroatoms. The van der Waals surface area contributed by atoms with Gasteiger partial charge in [-0.05, 0) is 37.3 Å². The molecule has 0 spiro atoms. The van der Waals surface area contributed by atoms with Crippen LogP contribution in [-0.4, -0.2) is 55.2 Å². The van der Waals surface area contributed by atoms with Gasteiger partial charge in [-0.2, -0.15) is 0 Å². The van der Waals surface area contributed by atoms with Crippen molar-refractivity contribution < 1.29 is 23.9 Å². The fraction of sp³-hybridized carbons (Fsp3) is 0.435. The van der Waals surface area contributed by atoms with Gasteiger partial charge in [0.2, 0.25) is 5.91 Å². The number of allylic oxidation sites excluding steroid dienone is 4. The molecule has 166 valence electrons. The van der Waals surface area contributed by atoms with Crippen LogP contribution in [0.25, 0.3) is 0 Å². The molecule has 3 rings (SSSR count). The van der Waals surface area contributed by atoms with Crippen LogP contribution in [0.4, 0.5) is 4.79 Å². The Hall–Kier alpha value is -3.29. The van der Waals surface area contributed by atoms with Crippen LogP contribution in [0.5, 0.6) is 0 Å². The van der Waals surface area contributed by atoms with E-state index < -0.39 is 17.6 Å². The summed E-state index contributed by atoms with van der Waals surface area (Å²) in [7, 11) is 1.28. The summed E-state index contributed by atoms with van der Waals surface area (Å²) >= 11 is 0. The van der Waals surface area contributed by atoms with Crippen molar-refractivity contribution >= 4 is 18.0 Å². The van der Waals surface area contributed by atoms with Gasteiger partial charge in [0.25, 0.3) is 0 Å². The summed E-state index contributed by atoms with van der Waals surface area (Å²) in [4.78, 5) is 38.6. The first-order valence-electron chi connectivity index (χ1n) is 10.5. The molecule has 31 heavy (non-hydrogen) atoms. The van der Waals surface area contributed by atoms with Gasteiger partial charge in [0.05, 0.1) is 7.11 Å². The molecule has 1 aromatic carbocycles. The Labute approximate surface area is 182 Å². The van der Waals surface area contributed by atoms with Crippen molar-refractivity contribution in [3.05, 3.63) is 59.8 Å². The van der Waals surface area contributed by atoms with Crippen molar-refractivity contribution in [2.24, 2.45) is 0 Å². The van der Waals surface area contributed by atoms with Crippen LogP contribution in [0.3, 0.4) is 0 Å². The first-order valence-corrected chi connectivity index (χ1v) is 10.5. The van der Waals surface area contributed by atoms with E-state index in [1.54, 1.807) is 4.90 Å². The average Bonchev–Trinajstić information content (AvgIpc) is 2.82. The number of carbonyl (C=O) groups excluding carboxylic acids is 3. The Morgan fingerprint density at radius 2 is 1.87 bits per heavy atom. The molecule has 2 aliphatic rings. The molecule has 0 saturated carbocycles. The number of esters is 1. The first kappa shape index (κ1) is 22.4. The number of piperidine rings is 1. The number of nitrogens with one attached hydrogen (secondary N) is 2. The van der Waals surface area contributed by atoms with E-state index in [4.69, 9.17) is 4.74 Å². The zero-order valence-corrected chi connectivity index (χ0v) is 17.8. The van der Waals surface area contributed by atoms with Crippen LogP contribution in [0.2, 0.25) is 0 Å². The summed E-state index contributed by atoms with van der Waals surface area (Å²) in [5.41, 5.74) is 0.987. The maximum atomic E-state index is 13.0. The lowest BCUT2D eigenvalue weighted by molar-refractivity contribution is -0.142. The van der Waals surface area contributed by atoms with Crippen molar-refractivity contribution in [1.29, 1.82) is 0 Å². The SMILES string of the molecule is COC(=O)CNC(=O)C1(NC2=CC=CCC2)CCN(C(=O)OCc2ccccc2)CC1. The minimum Gasteiger partial charge on any atom is -0.468 e. The van der Waals surface area contributed by atoms with Gasteiger partial charge in [-0.25, -0.2) is 4.79 Å². The summed E-state index contributed by atoms with van der Waals surface area (Å²) in [6.07, 6.45) is 8.11. The highest BCUT2D eigenvalue weighted by Crippen LogP contribution is 2.26. The first-order chi connectivity index (χ1) is 15.0. The molecule has 1 heterocycles. The molecule has 2 amide bonds. The summed E-state index contributed by atoms with van der Waals surface area (Å²) in [6.45, 7) is 0.754. The van der Waals surface area contributed by atoms with E-state index in [0.717, 1.165) is 24.1 Å². The van der Waals surface area contributed by atoms with Crippen molar-refractivity contribution in [3.63, 3.8) is 0 Å². The fourth-order valence-corrected chi connectivity index (χ4v) is 3.70. The predicted molar refractivity (Wildman–Crippen MR) is 115 cm³/mol. The Kier molecular flexibility index (Phi) is 7.70. The van der Waals surface area contributed by atoms with Crippen LogP contribution in [-0.2, 0) is 25.7 Å². The van der Waals surface area contributed by atoms with E-state index in [0.29, 0.717) is 25.9 Å². The second kappa shape index (κ2) is 10.7. The molecule has 0 unspecified atom stereocenters. The van der Waals surface area contributed by atoms with Gasteiger partial charge in [0, 0.05) is 18.8 Å². The fourth-order valence-electron chi connectivity index (χ4n) is 3.70. The number of carbonyl (C=O) groups is 3. The highest BCUT2D eigenvalue weighted by Gasteiger charge is 2.43. The molecule has 0 atom stereocenters. The standard InChI is InChI=1S/C23H29N3O5/c1-30-20(27)16-24-21(28)23(25-19-10-6-3-7-11-19)12-14-26(15-13-23)22(29)31-17-18-8-4-2-5-9-18/h2-6,8-10,25H,7,11-17H2,1H3,(H,24,28).